The van der Waals surface area contributed by atoms with Crippen molar-refractivity contribution in [2.24, 2.45) is 15.9 Å². The Kier molecular flexibility index (Phi) is 6.98. The standard InChI is InChI=1S/C21H22N4O6S/c1-11-22-14-4-3-12(9-13(14)19(28)23-11)10-25(2)17-7-6-16(32-17)20(29)24-15(21(30)31)5-8-18(26)27/h3-4,6-7,9,12,15H,5,8,10H2,1-2H3,(H,24,29)(H,26,27)(H,30,31). The van der Waals surface area contributed by atoms with Gasteiger partial charge in [-0.05, 0) is 31.6 Å². The van der Waals surface area contributed by atoms with Gasteiger partial charge in [0.1, 0.15) is 11.9 Å². The first-order valence-electron chi connectivity index (χ1n) is 9.79. The van der Waals surface area contributed by atoms with Gasteiger partial charge < -0.3 is 20.4 Å². The molecule has 168 valence electrons. The molecule has 0 saturated carbocycles. The van der Waals surface area contributed by atoms with Crippen molar-refractivity contribution >= 4 is 51.6 Å². The lowest BCUT2D eigenvalue weighted by Gasteiger charge is -2.24. The highest BCUT2D eigenvalue weighted by atomic mass is 32.1. The maximum Gasteiger partial charge on any atom is 0.326 e. The van der Waals surface area contributed by atoms with Gasteiger partial charge in [-0.2, -0.15) is 4.99 Å². The fourth-order valence-electron chi connectivity index (χ4n) is 3.27. The summed E-state index contributed by atoms with van der Waals surface area (Å²) in [5, 5.41) is 21.1. The molecule has 0 aromatic carbocycles. The quantitative estimate of drug-likeness (QED) is 0.510. The highest BCUT2D eigenvalue weighted by Crippen LogP contribution is 2.27. The highest BCUT2D eigenvalue weighted by Gasteiger charge is 2.25. The van der Waals surface area contributed by atoms with Gasteiger partial charge in [-0.15, -0.1) is 11.3 Å². The molecule has 3 N–H and O–H groups in total. The molecule has 1 aliphatic heterocycles. The molecule has 2 unspecified atom stereocenters. The number of carbonyl (C=O) groups is 4. The fraction of sp³-hybridized carbons (Fsp3) is 0.333. The summed E-state index contributed by atoms with van der Waals surface area (Å²) in [6.45, 7) is 2.21. The number of fused-ring (bicyclic) bond motifs is 1. The van der Waals surface area contributed by atoms with Crippen LogP contribution in [0.2, 0.25) is 0 Å². The van der Waals surface area contributed by atoms with Crippen molar-refractivity contribution in [1.29, 1.82) is 0 Å². The van der Waals surface area contributed by atoms with Gasteiger partial charge in [-0.3, -0.25) is 14.4 Å². The summed E-state index contributed by atoms with van der Waals surface area (Å²) in [5.74, 6) is -2.93. The van der Waals surface area contributed by atoms with Gasteiger partial charge >= 0.3 is 11.9 Å². The normalized spacial score (nSPS) is 18.1. The summed E-state index contributed by atoms with van der Waals surface area (Å²) >= 11 is 1.19. The second-order valence-electron chi connectivity index (χ2n) is 7.38. The molecule has 0 fully saturated rings. The Balaban J connectivity index is 1.63. The van der Waals surface area contributed by atoms with Crippen LogP contribution in [0.4, 0.5) is 5.00 Å². The number of nitrogens with one attached hydrogen (secondary N) is 1. The van der Waals surface area contributed by atoms with Crippen molar-refractivity contribution in [3.05, 3.63) is 40.8 Å². The third kappa shape index (κ3) is 5.55. The van der Waals surface area contributed by atoms with Gasteiger partial charge in [-0.25, -0.2) is 9.79 Å². The van der Waals surface area contributed by atoms with E-state index in [1.165, 1.54) is 11.3 Å². The number of hydrogen-bond acceptors (Lipinski definition) is 7. The van der Waals surface area contributed by atoms with Crippen LogP contribution in [0.25, 0.3) is 0 Å². The van der Waals surface area contributed by atoms with E-state index in [9.17, 15) is 24.3 Å². The molecule has 1 aromatic rings. The fourth-order valence-corrected chi connectivity index (χ4v) is 4.15. The van der Waals surface area contributed by atoms with Gasteiger partial charge in [0.25, 0.3) is 11.8 Å². The molecule has 11 heteroatoms. The summed E-state index contributed by atoms with van der Waals surface area (Å²) < 4.78 is 0. The molecule has 3 rings (SSSR count). The molecule has 2 aliphatic rings. The maximum absolute atomic E-state index is 12.4. The summed E-state index contributed by atoms with van der Waals surface area (Å²) in [7, 11) is 1.85. The Labute approximate surface area is 187 Å². The molecule has 2 atom stereocenters. The van der Waals surface area contributed by atoms with Gasteiger partial charge in [0.05, 0.1) is 21.2 Å². The zero-order chi connectivity index (χ0) is 23.4. The van der Waals surface area contributed by atoms with Crippen LogP contribution >= 0.6 is 11.3 Å². The Morgan fingerprint density at radius 3 is 2.69 bits per heavy atom. The average molecular weight is 458 g/mol. The molecule has 1 aliphatic carbocycles. The van der Waals surface area contributed by atoms with E-state index in [4.69, 9.17) is 5.11 Å². The van der Waals surface area contributed by atoms with Crippen molar-refractivity contribution in [1.82, 2.24) is 5.32 Å². The number of aliphatic carboxylic acids is 2. The average Bonchev–Trinajstić information content (AvgIpc) is 3.21. The summed E-state index contributed by atoms with van der Waals surface area (Å²) in [5.41, 5.74) is 1.08. The van der Waals surface area contributed by atoms with E-state index in [0.29, 0.717) is 28.5 Å². The van der Waals surface area contributed by atoms with E-state index in [1.54, 1.807) is 25.1 Å². The third-order valence-corrected chi connectivity index (χ3v) is 6.06. The summed E-state index contributed by atoms with van der Waals surface area (Å²) in [6.07, 6.45) is 5.02. The number of carboxylic acids is 2. The predicted octanol–water partition coefficient (Wildman–Crippen LogP) is 1.74. The lowest BCUT2D eigenvalue weighted by Crippen LogP contribution is -2.40. The van der Waals surface area contributed by atoms with Crippen molar-refractivity contribution in [3.63, 3.8) is 0 Å². The SMILES string of the molecule is CC1=NC(=O)C2=CC(CN(C)c3ccc(C(=O)NC(CCC(=O)O)C(=O)O)s3)C=CC2=N1. The van der Waals surface area contributed by atoms with E-state index in [1.807, 2.05) is 24.1 Å². The third-order valence-electron chi connectivity index (χ3n) is 4.86. The lowest BCUT2D eigenvalue weighted by atomic mass is 9.94. The molecule has 1 aromatic heterocycles. The molecular formula is C21H22N4O6S. The van der Waals surface area contributed by atoms with Crippen LogP contribution in [-0.4, -0.2) is 65.1 Å². The van der Waals surface area contributed by atoms with Gasteiger partial charge in [0, 0.05) is 25.9 Å². The van der Waals surface area contributed by atoms with Crippen molar-refractivity contribution in [3.8, 4) is 0 Å². The number of amides is 2. The Hall–Kier alpha value is -3.60. The number of thiophene rings is 1. The minimum absolute atomic E-state index is 0.0571. The number of hydrogen-bond donors (Lipinski definition) is 3. The van der Waals surface area contributed by atoms with E-state index >= 15 is 0 Å². The highest BCUT2D eigenvalue weighted by molar-refractivity contribution is 7.18. The number of anilines is 1. The molecule has 0 radical (unpaired) electrons. The number of aliphatic imine (C=N–C) groups is 2. The van der Waals surface area contributed by atoms with E-state index in [-0.39, 0.29) is 24.7 Å². The zero-order valence-electron chi connectivity index (χ0n) is 17.4. The first-order valence-corrected chi connectivity index (χ1v) is 10.6. The predicted molar refractivity (Wildman–Crippen MR) is 120 cm³/mol. The Morgan fingerprint density at radius 1 is 1.25 bits per heavy atom. The first-order chi connectivity index (χ1) is 15.1. The van der Waals surface area contributed by atoms with E-state index in [0.717, 1.165) is 5.00 Å². The van der Waals surface area contributed by atoms with Crippen molar-refractivity contribution in [2.75, 3.05) is 18.5 Å². The number of carboxylic acid groups (broad SMARTS) is 2. The topological polar surface area (TPSA) is 149 Å². The van der Waals surface area contributed by atoms with Crippen molar-refractivity contribution in [2.45, 2.75) is 25.8 Å². The van der Waals surface area contributed by atoms with Gasteiger partial charge in [0.15, 0.2) is 0 Å². The van der Waals surface area contributed by atoms with Crippen LogP contribution in [0, 0.1) is 5.92 Å². The molecule has 10 nitrogen and oxygen atoms in total. The molecule has 32 heavy (non-hydrogen) atoms. The minimum Gasteiger partial charge on any atom is -0.481 e. The van der Waals surface area contributed by atoms with Crippen LogP contribution in [0.5, 0.6) is 0 Å². The molecule has 0 bridgehead atoms. The largest absolute Gasteiger partial charge is 0.481 e. The number of amidine groups is 1. The number of nitrogens with zero attached hydrogens (tertiary/aromatic N) is 3. The molecule has 0 spiro atoms. The van der Waals surface area contributed by atoms with Crippen LogP contribution in [-0.2, 0) is 14.4 Å². The maximum atomic E-state index is 12.4. The monoisotopic (exact) mass is 458 g/mol. The summed E-state index contributed by atoms with van der Waals surface area (Å²) in [4.78, 5) is 56.9. The van der Waals surface area contributed by atoms with Gasteiger partial charge in [0.2, 0.25) is 0 Å². The molecule has 2 amide bonds. The second kappa shape index (κ2) is 9.69. The van der Waals surface area contributed by atoms with Crippen LogP contribution in [0.3, 0.4) is 0 Å². The molecule has 0 saturated heterocycles. The van der Waals surface area contributed by atoms with Crippen molar-refractivity contribution < 1.29 is 29.4 Å². The smallest absolute Gasteiger partial charge is 0.326 e. The number of carbonyl (C=O) groups excluding carboxylic acids is 2. The Morgan fingerprint density at radius 2 is 2.00 bits per heavy atom. The van der Waals surface area contributed by atoms with Crippen LogP contribution < -0.4 is 10.2 Å². The van der Waals surface area contributed by atoms with Crippen LogP contribution in [0.1, 0.15) is 29.4 Å². The molecular weight excluding hydrogens is 436 g/mol. The molecule has 2 heterocycles. The Bertz CT molecular complexity index is 1080. The summed E-state index contributed by atoms with van der Waals surface area (Å²) in [6, 6.07) is 2.05. The second-order valence-corrected chi connectivity index (χ2v) is 8.44. The number of allylic oxidation sites excluding steroid dienone is 1. The van der Waals surface area contributed by atoms with Crippen LogP contribution in [0.15, 0.2) is 45.9 Å². The minimum atomic E-state index is -1.29. The number of rotatable bonds is 9. The van der Waals surface area contributed by atoms with Gasteiger partial charge in [-0.1, -0.05) is 12.2 Å². The zero-order valence-corrected chi connectivity index (χ0v) is 18.3. The van der Waals surface area contributed by atoms with E-state index < -0.39 is 23.9 Å². The van der Waals surface area contributed by atoms with E-state index in [2.05, 4.69) is 15.3 Å². The lowest BCUT2D eigenvalue weighted by molar-refractivity contribution is -0.140. The first kappa shape index (κ1) is 23.1.